The van der Waals surface area contributed by atoms with E-state index in [2.05, 4.69) is 26.0 Å². The van der Waals surface area contributed by atoms with Crippen molar-refractivity contribution in [3.63, 3.8) is 0 Å². The average molecular weight is 238 g/mol. The van der Waals surface area contributed by atoms with Gasteiger partial charge in [-0.1, -0.05) is 31.5 Å². The summed E-state index contributed by atoms with van der Waals surface area (Å²) in [6.45, 7) is 5.33. The minimum atomic E-state index is 0.503. The van der Waals surface area contributed by atoms with Gasteiger partial charge in [0.2, 0.25) is 0 Å². The molecular formula is C14H20ClN. The first kappa shape index (κ1) is 11.9. The number of fused-ring (bicyclic) bond motifs is 1. The van der Waals surface area contributed by atoms with Crippen molar-refractivity contribution in [1.82, 2.24) is 0 Å². The second-order valence-corrected chi connectivity index (χ2v) is 5.57. The van der Waals surface area contributed by atoms with Gasteiger partial charge in [-0.2, -0.15) is 0 Å². The van der Waals surface area contributed by atoms with Gasteiger partial charge in [0.25, 0.3) is 0 Å². The number of hydrogen-bond donors (Lipinski definition) is 1. The Balaban J connectivity index is 2.44. The van der Waals surface area contributed by atoms with Crippen LogP contribution < -0.4 is 5.73 Å². The zero-order valence-electron chi connectivity index (χ0n) is 10.0. The van der Waals surface area contributed by atoms with Crippen LogP contribution in [0.4, 0.5) is 0 Å². The van der Waals surface area contributed by atoms with Crippen LogP contribution in [-0.2, 0) is 0 Å². The highest BCUT2D eigenvalue weighted by Crippen LogP contribution is 2.42. The van der Waals surface area contributed by atoms with E-state index in [1.165, 1.54) is 24.0 Å². The molecule has 16 heavy (non-hydrogen) atoms. The fourth-order valence-electron chi connectivity index (χ4n) is 2.87. The van der Waals surface area contributed by atoms with E-state index in [0.29, 0.717) is 17.8 Å². The van der Waals surface area contributed by atoms with Gasteiger partial charge in [0.15, 0.2) is 0 Å². The minimum absolute atomic E-state index is 0.503. The summed E-state index contributed by atoms with van der Waals surface area (Å²) in [5.41, 5.74) is 8.71. The summed E-state index contributed by atoms with van der Waals surface area (Å²) in [5, 5.41) is 0.835. The molecule has 2 atom stereocenters. The quantitative estimate of drug-likeness (QED) is 0.829. The van der Waals surface area contributed by atoms with Gasteiger partial charge in [0.1, 0.15) is 0 Å². The van der Waals surface area contributed by atoms with Crippen molar-refractivity contribution in [1.29, 1.82) is 0 Å². The van der Waals surface area contributed by atoms with Gasteiger partial charge in [-0.15, -0.1) is 0 Å². The Kier molecular flexibility index (Phi) is 3.56. The monoisotopic (exact) mass is 237 g/mol. The molecule has 1 aromatic rings. The van der Waals surface area contributed by atoms with E-state index in [4.69, 9.17) is 17.3 Å². The molecule has 0 saturated carbocycles. The number of hydrogen-bond acceptors (Lipinski definition) is 1. The first-order valence-corrected chi connectivity index (χ1v) is 6.50. The molecule has 0 aliphatic heterocycles. The molecule has 1 aliphatic rings. The standard InChI is InChI=1S/C14H20ClN/c1-9(2)12-5-3-10(8-16)14-7-11(15)4-6-13(12)14/h4,6-7,9-10,12H,3,5,8,16H2,1-2H3. The van der Waals surface area contributed by atoms with Crippen LogP contribution in [0, 0.1) is 5.92 Å². The second kappa shape index (κ2) is 4.77. The first-order valence-electron chi connectivity index (χ1n) is 6.13. The van der Waals surface area contributed by atoms with E-state index in [0.717, 1.165) is 11.6 Å². The normalized spacial score (nSPS) is 24.6. The number of benzene rings is 1. The Hall–Kier alpha value is -0.530. The van der Waals surface area contributed by atoms with Gasteiger partial charge in [-0.05, 0) is 60.4 Å². The molecule has 0 spiro atoms. The second-order valence-electron chi connectivity index (χ2n) is 5.13. The predicted molar refractivity (Wildman–Crippen MR) is 70.1 cm³/mol. The molecule has 0 aromatic heterocycles. The lowest BCUT2D eigenvalue weighted by Gasteiger charge is -2.33. The molecule has 1 nitrogen and oxygen atoms in total. The zero-order valence-corrected chi connectivity index (χ0v) is 10.8. The van der Waals surface area contributed by atoms with Gasteiger partial charge in [0.05, 0.1) is 0 Å². The van der Waals surface area contributed by atoms with Crippen molar-refractivity contribution in [2.24, 2.45) is 11.7 Å². The minimum Gasteiger partial charge on any atom is -0.330 e. The van der Waals surface area contributed by atoms with Gasteiger partial charge >= 0.3 is 0 Å². The van der Waals surface area contributed by atoms with Crippen LogP contribution in [-0.4, -0.2) is 6.54 Å². The van der Waals surface area contributed by atoms with E-state index in [1.54, 1.807) is 0 Å². The highest BCUT2D eigenvalue weighted by Gasteiger charge is 2.28. The van der Waals surface area contributed by atoms with Crippen LogP contribution in [0.25, 0.3) is 0 Å². The lowest BCUT2D eigenvalue weighted by Crippen LogP contribution is -2.23. The molecule has 0 heterocycles. The Morgan fingerprint density at radius 3 is 2.69 bits per heavy atom. The van der Waals surface area contributed by atoms with Crippen LogP contribution in [0.2, 0.25) is 5.02 Å². The van der Waals surface area contributed by atoms with Crippen molar-refractivity contribution in [2.75, 3.05) is 6.54 Å². The fourth-order valence-corrected chi connectivity index (χ4v) is 3.05. The van der Waals surface area contributed by atoms with Gasteiger partial charge in [0, 0.05) is 5.02 Å². The smallest absolute Gasteiger partial charge is 0.0409 e. The maximum absolute atomic E-state index is 6.09. The molecule has 0 fully saturated rings. The lowest BCUT2D eigenvalue weighted by molar-refractivity contribution is 0.403. The Morgan fingerprint density at radius 2 is 2.06 bits per heavy atom. The molecule has 1 aromatic carbocycles. The van der Waals surface area contributed by atoms with Crippen molar-refractivity contribution < 1.29 is 0 Å². The summed E-state index contributed by atoms with van der Waals surface area (Å²) in [7, 11) is 0. The molecule has 2 unspecified atom stereocenters. The van der Waals surface area contributed by atoms with E-state index < -0.39 is 0 Å². The third-order valence-corrected chi connectivity index (χ3v) is 4.04. The predicted octanol–water partition coefficient (Wildman–Crippen LogP) is 3.92. The molecular weight excluding hydrogens is 218 g/mol. The molecule has 0 bridgehead atoms. The van der Waals surface area contributed by atoms with Crippen molar-refractivity contribution in [3.8, 4) is 0 Å². The van der Waals surface area contributed by atoms with E-state index >= 15 is 0 Å². The van der Waals surface area contributed by atoms with E-state index in [1.807, 2.05) is 6.07 Å². The van der Waals surface area contributed by atoms with Crippen molar-refractivity contribution >= 4 is 11.6 Å². The molecule has 2 heteroatoms. The summed E-state index contributed by atoms with van der Waals surface area (Å²) < 4.78 is 0. The average Bonchev–Trinajstić information content (AvgIpc) is 2.27. The molecule has 2 N–H and O–H groups in total. The molecule has 0 radical (unpaired) electrons. The summed E-state index contributed by atoms with van der Waals surface area (Å²) in [4.78, 5) is 0. The largest absolute Gasteiger partial charge is 0.330 e. The molecule has 88 valence electrons. The maximum atomic E-state index is 6.09. The Labute approximate surface area is 103 Å². The Bertz CT molecular complexity index is 373. The SMILES string of the molecule is CC(C)C1CCC(CN)c2cc(Cl)ccc21. The highest BCUT2D eigenvalue weighted by molar-refractivity contribution is 6.30. The summed E-state index contributed by atoms with van der Waals surface area (Å²) in [6, 6.07) is 6.32. The third-order valence-electron chi connectivity index (χ3n) is 3.80. The summed E-state index contributed by atoms with van der Waals surface area (Å²) in [6.07, 6.45) is 2.46. The fraction of sp³-hybridized carbons (Fsp3) is 0.571. The highest BCUT2D eigenvalue weighted by atomic mass is 35.5. The van der Waals surface area contributed by atoms with Crippen LogP contribution >= 0.6 is 11.6 Å². The van der Waals surface area contributed by atoms with Crippen molar-refractivity contribution in [3.05, 3.63) is 34.3 Å². The maximum Gasteiger partial charge on any atom is 0.0409 e. The molecule has 0 amide bonds. The van der Waals surface area contributed by atoms with Crippen LogP contribution in [0.3, 0.4) is 0 Å². The van der Waals surface area contributed by atoms with E-state index in [9.17, 15) is 0 Å². The lowest BCUT2D eigenvalue weighted by atomic mass is 9.72. The van der Waals surface area contributed by atoms with Gasteiger partial charge in [-0.25, -0.2) is 0 Å². The Morgan fingerprint density at radius 1 is 1.31 bits per heavy atom. The molecule has 2 rings (SSSR count). The van der Waals surface area contributed by atoms with Crippen LogP contribution in [0.15, 0.2) is 18.2 Å². The third kappa shape index (κ3) is 2.11. The zero-order chi connectivity index (χ0) is 11.7. The van der Waals surface area contributed by atoms with Gasteiger partial charge in [-0.3, -0.25) is 0 Å². The van der Waals surface area contributed by atoms with Crippen LogP contribution in [0.1, 0.15) is 49.7 Å². The number of rotatable bonds is 2. The summed E-state index contributed by atoms with van der Waals surface area (Å²) in [5.74, 6) is 1.87. The van der Waals surface area contributed by atoms with E-state index in [-0.39, 0.29) is 0 Å². The van der Waals surface area contributed by atoms with Gasteiger partial charge < -0.3 is 5.73 Å². The number of nitrogens with two attached hydrogens (primary N) is 1. The molecule has 0 saturated heterocycles. The topological polar surface area (TPSA) is 26.0 Å². The van der Waals surface area contributed by atoms with Crippen molar-refractivity contribution in [2.45, 2.75) is 38.5 Å². The molecule has 1 aliphatic carbocycles. The number of halogens is 1. The first-order chi connectivity index (χ1) is 7.63. The van der Waals surface area contributed by atoms with Crippen LogP contribution in [0.5, 0.6) is 0 Å². The summed E-state index contributed by atoms with van der Waals surface area (Å²) >= 11 is 6.09.